The second-order valence-electron chi connectivity index (χ2n) is 9.84. The van der Waals surface area contributed by atoms with Gasteiger partial charge in [-0.2, -0.15) is 0 Å². The molecule has 3 heterocycles. The summed E-state index contributed by atoms with van der Waals surface area (Å²) < 4.78 is 1.39. The average Bonchev–Trinajstić information content (AvgIpc) is 3.19. The van der Waals surface area contributed by atoms with Crippen LogP contribution in [0.25, 0.3) is 11.1 Å². The molecule has 5 unspecified atom stereocenters. The third-order valence-corrected chi connectivity index (χ3v) is 10.4. The van der Waals surface area contributed by atoms with Crippen LogP contribution in [0.5, 0.6) is 0 Å². The number of benzene rings is 1. The van der Waals surface area contributed by atoms with Crippen molar-refractivity contribution in [3.05, 3.63) is 60.3 Å². The molecule has 2 fully saturated rings. The van der Waals surface area contributed by atoms with Gasteiger partial charge in [0.15, 0.2) is 5.82 Å². The van der Waals surface area contributed by atoms with E-state index in [1.807, 2.05) is 43.5 Å². The molecule has 1 aromatic carbocycles. The second kappa shape index (κ2) is 10.0. The number of amides is 1. The van der Waals surface area contributed by atoms with Crippen molar-refractivity contribution < 1.29 is 4.79 Å². The van der Waals surface area contributed by atoms with E-state index in [4.69, 9.17) is 28.5 Å². The topological polar surface area (TPSA) is 62.2 Å². The zero-order valence-electron chi connectivity index (χ0n) is 20.1. The molecule has 2 aromatic heterocycles. The summed E-state index contributed by atoms with van der Waals surface area (Å²) >= 11 is 4.75. The molecular weight excluding hydrogens is 548 g/mol. The fraction of sp³-hybridized carbons (Fsp3) is 0.360. The van der Waals surface area contributed by atoms with Gasteiger partial charge in [0.1, 0.15) is 11.5 Å². The minimum Gasteiger partial charge on any atom is -0.354 e. The SMILES string of the molecule is CC(SCl)c1ncc(C(=O)N(S)c2c(-c3ccccc3P)ccnc2N2CCC3(C2)CC3(C)P)cn1. The summed E-state index contributed by atoms with van der Waals surface area (Å²) in [5, 5.41) is 1.20. The Balaban J connectivity index is 1.56. The number of nitrogens with zero attached hydrogens (tertiary/aromatic N) is 5. The molecule has 1 saturated heterocycles. The van der Waals surface area contributed by atoms with Gasteiger partial charge in [0, 0.05) is 37.2 Å². The summed E-state index contributed by atoms with van der Waals surface area (Å²) in [6.45, 7) is 6.01. The van der Waals surface area contributed by atoms with E-state index in [0.29, 0.717) is 17.1 Å². The second-order valence-corrected chi connectivity index (χ2v) is 13.6. The number of rotatable bonds is 6. The Bertz CT molecular complexity index is 1310. The highest BCUT2D eigenvalue weighted by Crippen LogP contribution is 2.67. The van der Waals surface area contributed by atoms with Crippen LogP contribution in [0.2, 0.25) is 0 Å². The van der Waals surface area contributed by atoms with Crippen LogP contribution in [0.4, 0.5) is 11.5 Å². The smallest absolute Gasteiger partial charge is 0.271 e. The summed E-state index contributed by atoms with van der Waals surface area (Å²) in [5.41, 5.74) is 3.18. The van der Waals surface area contributed by atoms with E-state index in [1.165, 1.54) is 23.1 Å². The fourth-order valence-electron chi connectivity index (χ4n) is 5.09. The van der Waals surface area contributed by atoms with Crippen molar-refractivity contribution in [2.24, 2.45) is 5.41 Å². The maximum Gasteiger partial charge on any atom is 0.271 e. The first-order chi connectivity index (χ1) is 17.2. The normalized spacial score (nSPS) is 23.7. The highest BCUT2D eigenvalue weighted by molar-refractivity contribution is 8.21. The number of aromatic nitrogens is 3. The highest BCUT2D eigenvalue weighted by atomic mass is 35.7. The van der Waals surface area contributed by atoms with Gasteiger partial charge in [0.25, 0.3) is 5.91 Å². The van der Waals surface area contributed by atoms with Crippen molar-refractivity contribution in [3.8, 4) is 11.1 Å². The zero-order valence-corrected chi connectivity index (χ0v) is 24.8. The van der Waals surface area contributed by atoms with Crippen LogP contribution in [0.15, 0.2) is 48.9 Å². The van der Waals surface area contributed by atoms with Crippen LogP contribution in [-0.2, 0) is 0 Å². The Hall–Kier alpha value is -1.43. The summed E-state index contributed by atoms with van der Waals surface area (Å²) in [7, 11) is 12.8. The summed E-state index contributed by atoms with van der Waals surface area (Å²) in [6, 6.07) is 10.0. The fourth-order valence-corrected chi connectivity index (χ4v) is 6.83. The van der Waals surface area contributed by atoms with Gasteiger partial charge in [-0.15, -0.1) is 18.5 Å². The van der Waals surface area contributed by atoms with Crippen LogP contribution in [0, 0.1) is 5.41 Å². The van der Waals surface area contributed by atoms with E-state index in [-0.39, 0.29) is 21.7 Å². The van der Waals surface area contributed by atoms with Gasteiger partial charge in [-0.25, -0.2) is 19.3 Å². The van der Waals surface area contributed by atoms with Crippen LogP contribution in [0.3, 0.4) is 0 Å². The van der Waals surface area contributed by atoms with Crippen molar-refractivity contribution in [2.45, 2.75) is 37.1 Å². The van der Waals surface area contributed by atoms with Crippen molar-refractivity contribution in [1.82, 2.24) is 15.0 Å². The molecule has 1 spiro atoms. The molecule has 5 rings (SSSR count). The molecule has 3 aromatic rings. The Kier molecular flexibility index (Phi) is 7.30. The number of carbonyl (C=O) groups excluding carboxylic acids is 1. The van der Waals surface area contributed by atoms with Crippen LogP contribution in [-0.4, -0.2) is 39.1 Å². The Morgan fingerprint density at radius 1 is 1.22 bits per heavy atom. The third-order valence-electron chi connectivity index (χ3n) is 7.42. The number of halogens is 1. The van der Waals surface area contributed by atoms with Gasteiger partial charge < -0.3 is 4.90 Å². The lowest BCUT2D eigenvalue weighted by molar-refractivity contribution is 0.101. The maximum absolute atomic E-state index is 13.7. The van der Waals surface area contributed by atoms with E-state index in [9.17, 15) is 4.79 Å². The van der Waals surface area contributed by atoms with E-state index < -0.39 is 0 Å². The monoisotopic (exact) mass is 575 g/mol. The highest BCUT2D eigenvalue weighted by Gasteiger charge is 2.63. The van der Waals surface area contributed by atoms with Gasteiger partial charge in [-0.3, -0.25) is 4.79 Å². The predicted octanol–water partition coefficient (Wildman–Crippen LogP) is 5.71. The van der Waals surface area contributed by atoms with Gasteiger partial charge in [0.2, 0.25) is 0 Å². The minimum atomic E-state index is -0.316. The maximum atomic E-state index is 13.7. The third kappa shape index (κ3) is 4.65. The molecule has 1 saturated carbocycles. The van der Waals surface area contributed by atoms with E-state index in [2.05, 4.69) is 40.3 Å². The van der Waals surface area contributed by atoms with Gasteiger partial charge in [-0.05, 0) is 68.9 Å². The molecule has 6 nitrogen and oxygen atoms in total. The predicted molar refractivity (Wildman–Crippen MR) is 161 cm³/mol. The number of carbonyl (C=O) groups is 1. The lowest BCUT2D eigenvalue weighted by atomic mass is 10.0. The van der Waals surface area contributed by atoms with Crippen molar-refractivity contribution in [3.63, 3.8) is 0 Å². The van der Waals surface area contributed by atoms with Crippen molar-refractivity contribution in [1.29, 1.82) is 0 Å². The lowest BCUT2D eigenvalue weighted by Gasteiger charge is -2.27. The number of hydrogen-bond donors (Lipinski definition) is 1. The van der Waals surface area contributed by atoms with E-state index in [0.717, 1.165) is 52.7 Å². The number of thiol groups is 1. The lowest BCUT2D eigenvalue weighted by Crippen LogP contribution is -2.29. The van der Waals surface area contributed by atoms with Crippen LogP contribution in [0.1, 0.15) is 48.1 Å². The Morgan fingerprint density at radius 3 is 2.53 bits per heavy atom. The molecule has 5 atom stereocenters. The molecule has 2 aliphatic rings. The molecule has 0 N–H and O–H groups in total. The van der Waals surface area contributed by atoms with Crippen LogP contribution >= 0.6 is 53.0 Å². The van der Waals surface area contributed by atoms with Crippen LogP contribution < -0.4 is 14.5 Å². The van der Waals surface area contributed by atoms with Gasteiger partial charge in [0.05, 0.1) is 10.8 Å². The first-order valence-electron chi connectivity index (χ1n) is 11.7. The molecular formula is C25H28ClN5OP2S2. The molecule has 36 heavy (non-hydrogen) atoms. The molecule has 1 amide bonds. The molecule has 1 aliphatic carbocycles. The summed E-state index contributed by atoms with van der Waals surface area (Å²) in [6.07, 6.45) is 7.16. The zero-order chi connectivity index (χ0) is 25.7. The minimum absolute atomic E-state index is 0.0784. The number of hydrogen-bond acceptors (Lipinski definition) is 7. The summed E-state index contributed by atoms with van der Waals surface area (Å²) in [5.74, 6) is 1.02. The first-order valence-corrected chi connectivity index (χ1v) is 14.9. The molecule has 1 aliphatic heterocycles. The molecule has 0 bridgehead atoms. The Labute approximate surface area is 230 Å². The number of pyridine rings is 1. The van der Waals surface area contributed by atoms with Crippen molar-refractivity contribution >= 4 is 75.7 Å². The average molecular weight is 576 g/mol. The number of anilines is 2. The Morgan fingerprint density at radius 2 is 1.92 bits per heavy atom. The molecule has 188 valence electrons. The molecule has 11 heteroatoms. The largest absolute Gasteiger partial charge is 0.354 e. The van der Waals surface area contributed by atoms with Crippen molar-refractivity contribution in [2.75, 3.05) is 22.3 Å². The molecule has 0 radical (unpaired) electrons. The van der Waals surface area contributed by atoms with Gasteiger partial charge in [-0.1, -0.05) is 44.0 Å². The van der Waals surface area contributed by atoms with E-state index in [1.54, 1.807) is 0 Å². The van der Waals surface area contributed by atoms with Gasteiger partial charge >= 0.3 is 0 Å². The quantitative estimate of drug-likeness (QED) is 0.300. The first kappa shape index (κ1) is 26.2. The van der Waals surface area contributed by atoms with E-state index >= 15 is 0 Å². The standard InChI is InChI=1S/C25H28ClN5OP2S2/c1-15(36-26)21-28-11-16(12-29-21)23(32)31(35)20-18(17-5-3-4-6-19(17)33)7-9-27-22(20)30-10-8-25(14-30)13-24(25,2)34/h3-7,9,11-12,15,35H,8,10,13-14,33-34H2,1-2H3. The summed E-state index contributed by atoms with van der Waals surface area (Å²) in [4.78, 5) is 29.5.